The number of ether oxygens (including phenoxy) is 1. The molecule has 0 aromatic carbocycles. The van der Waals surface area contributed by atoms with Gasteiger partial charge in [0.05, 0.1) is 6.61 Å². The van der Waals surface area contributed by atoms with Crippen molar-refractivity contribution in [2.75, 3.05) is 13.7 Å². The Balaban J connectivity index is 2.39. The Bertz CT molecular complexity index is 276. The van der Waals surface area contributed by atoms with Gasteiger partial charge in [-0.15, -0.1) is 0 Å². The van der Waals surface area contributed by atoms with Crippen LogP contribution >= 0.6 is 0 Å². The number of hydrogen-bond acceptors (Lipinski definition) is 4. The largest absolute Gasteiger partial charge is 0.480 e. The number of carbonyl (C=O) groups excluding carboxylic acids is 1. The fourth-order valence-electron chi connectivity index (χ4n) is 1.71. The minimum atomic E-state index is -1.10. The zero-order valence-corrected chi connectivity index (χ0v) is 9.36. The lowest BCUT2D eigenvalue weighted by atomic mass is 9.75. The number of nitrogens with two attached hydrogens (primary N) is 1. The second kappa shape index (κ2) is 5.27. The Kier molecular flexibility index (Phi) is 4.26. The molecule has 4 N–H and O–H groups in total. The number of carboxylic acids is 1. The number of rotatable bonds is 6. The summed E-state index contributed by atoms with van der Waals surface area (Å²) in [6.07, 6.45) is 2.86. The van der Waals surface area contributed by atoms with Crippen LogP contribution in [0.4, 0.5) is 0 Å². The van der Waals surface area contributed by atoms with E-state index in [1.54, 1.807) is 0 Å². The smallest absolute Gasteiger partial charge is 0.328 e. The molecule has 1 atom stereocenters. The summed E-state index contributed by atoms with van der Waals surface area (Å²) in [6.45, 7) is -0.0430. The summed E-state index contributed by atoms with van der Waals surface area (Å²) in [6, 6.07) is -0.999. The number of carbonyl (C=O) groups is 2. The molecule has 92 valence electrons. The molecule has 6 heteroatoms. The molecule has 0 spiro atoms. The number of hydrogen-bond donors (Lipinski definition) is 3. The van der Waals surface area contributed by atoms with Crippen LogP contribution in [0, 0.1) is 0 Å². The van der Waals surface area contributed by atoms with E-state index in [2.05, 4.69) is 5.32 Å². The van der Waals surface area contributed by atoms with Gasteiger partial charge in [-0.05, 0) is 19.3 Å². The van der Waals surface area contributed by atoms with Gasteiger partial charge in [0.25, 0.3) is 0 Å². The van der Waals surface area contributed by atoms with Crippen LogP contribution in [0.1, 0.15) is 25.7 Å². The van der Waals surface area contributed by atoms with E-state index in [9.17, 15) is 9.59 Å². The minimum Gasteiger partial charge on any atom is -0.480 e. The third-order valence-electron chi connectivity index (χ3n) is 2.83. The molecular formula is C10H18N2O4. The van der Waals surface area contributed by atoms with Crippen LogP contribution in [0.5, 0.6) is 0 Å². The standard InChI is InChI=1S/C10H18N2O4/c1-16-6-7(9(14)15)12-8(13)5-10(11)3-2-4-10/h7H,2-6,11H2,1H3,(H,12,13)(H,14,15). The van der Waals surface area contributed by atoms with Gasteiger partial charge >= 0.3 is 5.97 Å². The Hall–Kier alpha value is -1.14. The van der Waals surface area contributed by atoms with E-state index in [0.717, 1.165) is 19.3 Å². The van der Waals surface area contributed by atoms with Crippen molar-refractivity contribution in [1.82, 2.24) is 5.32 Å². The van der Waals surface area contributed by atoms with Crippen molar-refractivity contribution in [2.45, 2.75) is 37.3 Å². The molecule has 0 radical (unpaired) electrons. The van der Waals surface area contributed by atoms with Gasteiger partial charge in [0.2, 0.25) is 5.91 Å². The Morgan fingerprint density at radius 3 is 2.56 bits per heavy atom. The van der Waals surface area contributed by atoms with Crippen molar-refractivity contribution in [2.24, 2.45) is 5.73 Å². The Morgan fingerprint density at radius 2 is 2.19 bits per heavy atom. The van der Waals surface area contributed by atoms with Gasteiger partial charge in [0.1, 0.15) is 0 Å². The maximum atomic E-state index is 11.5. The van der Waals surface area contributed by atoms with Gasteiger partial charge in [-0.1, -0.05) is 0 Å². The molecule has 0 aromatic rings. The summed E-state index contributed by atoms with van der Waals surface area (Å²) >= 11 is 0. The molecule has 6 nitrogen and oxygen atoms in total. The maximum Gasteiger partial charge on any atom is 0.328 e. The lowest BCUT2D eigenvalue weighted by Crippen LogP contribution is -2.52. The fraction of sp³-hybridized carbons (Fsp3) is 0.800. The third-order valence-corrected chi connectivity index (χ3v) is 2.83. The highest BCUT2D eigenvalue weighted by atomic mass is 16.5. The molecule has 0 aromatic heterocycles. The van der Waals surface area contributed by atoms with Crippen molar-refractivity contribution >= 4 is 11.9 Å². The molecule has 1 unspecified atom stereocenters. The van der Waals surface area contributed by atoms with E-state index >= 15 is 0 Å². The number of nitrogens with one attached hydrogen (secondary N) is 1. The number of amides is 1. The van der Waals surface area contributed by atoms with Gasteiger partial charge in [-0.3, -0.25) is 4.79 Å². The molecule has 1 amide bonds. The highest BCUT2D eigenvalue weighted by Crippen LogP contribution is 2.31. The van der Waals surface area contributed by atoms with Gasteiger partial charge in [-0.2, -0.15) is 0 Å². The lowest BCUT2D eigenvalue weighted by Gasteiger charge is -2.37. The average Bonchev–Trinajstić information content (AvgIpc) is 2.14. The van der Waals surface area contributed by atoms with E-state index < -0.39 is 17.6 Å². The van der Waals surface area contributed by atoms with Crippen molar-refractivity contribution < 1.29 is 19.4 Å². The first-order chi connectivity index (χ1) is 7.47. The zero-order valence-electron chi connectivity index (χ0n) is 9.36. The molecule has 1 aliphatic rings. The van der Waals surface area contributed by atoms with Gasteiger partial charge < -0.3 is 20.9 Å². The second-order valence-electron chi connectivity index (χ2n) is 4.31. The molecule has 1 saturated carbocycles. The van der Waals surface area contributed by atoms with Crippen LogP contribution in [-0.2, 0) is 14.3 Å². The summed E-state index contributed by atoms with van der Waals surface area (Å²) in [5.74, 6) is -1.43. The summed E-state index contributed by atoms with van der Waals surface area (Å²) < 4.78 is 4.71. The van der Waals surface area contributed by atoms with Crippen LogP contribution in [0.2, 0.25) is 0 Å². The summed E-state index contributed by atoms with van der Waals surface area (Å²) in [4.78, 5) is 22.3. The summed E-state index contributed by atoms with van der Waals surface area (Å²) in [5.41, 5.74) is 5.46. The van der Waals surface area contributed by atoms with Crippen LogP contribution in [0.3, 0.4) is 0 Å². The van der Waals surface area contributed by atoms with E-state index in [1.165, 1.54) is 7.11 Å². The molecule has 0 bridgehead atoms. The van der Waals surface area contributed by atoms with Crippen LogP contribution in [0.15, 0.2) is 0 Å². The third kappa shape index (κ3) is 3.46. The average molecular weight is 230 g/mol. The highest BCUT2D eigenvalue weighted by Gasteiger charge is 2.35. The number of carboxylic acid groups (broad SMARTS) is 1. The SMILES string of the molecule is COCC(NC(=O)CC1(N)CCC1)C(=O)O. The van der Waals surface area contributed by atoms with Crippen molar-refractivity contribution in [3.8, 4) is 0 Å². The number of aliphatic carboxylic acids is 1. The Labute approximate surface area is 94.1 Å². The van der Waals surface area contributed by atoms with Gasteiger partial charge in [0.15, 0.2) is 6.04 Å². The van der Waals surface area contributed by atoms with E-state index in [-0.39, 0.29) is 18.9 Å². The highest BCUT2D eigenvalue weighted by molar-refractivity contribution is 5.84. The van der Waals surface area contributed by atoms with Gasteiger partial charge in [0, 0.05) is 19.1 Å². The second-order valence-corrected chi connectivity index (χ2v) is 4.31. The quantitative estimate of drug-likeness (QED) is 0.569. The zero-order chi connectivity index (χ0) is 12.2. The number of methoxy groups -OCH3 is 1. The van der Waals surface area contributed by atoms with Crippen molar-refractivity contribution in [3.63, 3.8) is 0 Å². The van der Waals surface area contributed by atoms with E-state index in [0.29, 0.717) is 0 Å². The molecule has 16 heavy (non-hydrogen) atoms. The predicted octanol–water partition coefficient (Wildman–Crippen LogP) is -0.526. The molecule has 0 aliphatic heterocycles. The Morgan fingerprint density at radius 1 is 1.56 bits per heavy atom. The predicted molar refractivity (Wildman–Crippen MR) is 56.8 cm³/mol. The van der Waals surface area contributed by atoms with Crippen LogP contribution in [-0.4, -0.2) is 42.3 Å². The summed E-state index contributed by atoms with van der Waals surface area (Å²) in [5, 5.41) is 11.2. The van der Waals surface area contributed by atoms with Crippen LogP contribution in [0.25, 0.3) is 0 Å². The monoisotopic (exact) mass is 230 g/mol. The molecule has 1 fully saturated rings. The summed E-state index contributed by atoms with van der Waals surface area (Å²) in [7, 11) is 1.39. The topological polar surface area (TPSA) is 102 Å². The minimum absolute atomic E-state index is 0.0430. The normalized spacial score (nSPS) is 19.6. The first kappa shape index (κ1) is 12.9. The van der Waals surface area contributed by atoms with E-state index in [1.807, 2.05) is 0 Å². The van der Waals surface area contributed by atoms with Crippen LogP contribution < -0.4 is 11.1 Å². The first-order valence-corrected chi connectivity index (χ1v) is 5.27. The van der Waals surface area contributed by atoms with Gasteiger partial charge in [-0.25, -0.2) is 4.79 Å². The molecule has 1 rings (SSSR count). The molecular weight excluding hydrogens is 212 g/mol. The maximum absolute atomic E-state index is 11.5. The molecule has 0 heterocycles. The molecule has 0 saturated heterocycles. The van der Waals surface area contributed by atoms with Crippen molar-refractivity contribution in [1.29, 1.82) is 0 Å². The first-order valence-electron chi connectivity index (χ1n) is 5.27. The van der Waals surface area contributed by atoms with E-state index in [4.69, 9.17) is 15.6 Å². The fourth-order valence-corrected chi connectivity index (χ4v) is 1.71. The van der Waals surface area contributed by atoms with Crippen molar-refractivity contribution in [3.05, 3.63) is 0 Å². The molecule has 1 aliphatic carbocycles. The lowest BCUT2D eigenvalue weighted by molar-refractivity contribution is -0.143.